The average Bonchev–Trinajstić information content (AvgIpc) is 1.80. The molecule has 0 amide bonds. The van der Waals surface area contributed by atoms with Gasteiger partial charge in [0.05, 0.1) is 0 Å². The van der Waals surface area contributed by atoms with Crippen LogP contribution in [-0.2, 0) is 21.6 Å². The van der Waals surface area contributed by atoms with Crippen molar-refractivity contribution in [2.24, 2.45) is 0 Å². The van der Waals surface area contributed by atoms with E-state index in [4.69, 9.17) is 0 Å². The Kier molecular flexibility index (Phi) is 11.8. The molecule has 1 radical (unpaired) electrons. The van der Waals surface area contributed by atoms with Crippen molar-refractivity contribution in [2.45, 2.75) is 46.0 Å². The molecule has 63 valence electrons. The summed E-state index contributed by atoms with van der Waals surface area (Å²) in [6.07, 6.45) is 5.60. The van der Waals surface area contributed by atoms with Crippen LogP contribution in [0.25, 0.3) is 0 Å². The van der Waals surface area contributed by atoms with E-state index < -0.39 is 0 Å². The van der Waals surface area contributed by atoms with Gasteiger partial charge in [-0.1, -0.05) is 26.2 Å². The largest absolute Gasteiger partial charge is 0.300 e. The number of ketones is 1. The Labute approximate surface area is 73.8 Å². The van der Waals surface area contributed by atoms with E-state index in [1.807, 2.05) is 0 Å². The summed E-state index contributed by atoms with van der Waals surface area (Å²) in [4.78, 5) is 10.4. The number of unbranched alkanes of at least 4 members (excludes halogenated alkanes) is 3. The second-order valence-corrected chi connectivity index (χ2v) is 2.51. The van der Waals surface area contributed by atoms with Crippen LogP contribution in [0.15, 0.2) is 0 Å². The molecule has 0 aliphatic heterocycles. The normalized spacial score (nSPS) is 8.60. The van der Waals surface area contributed by atoms with Gasteiger partial charge in [-0.25, -0.2) is 0 Å². The summed E-state index contributed by atoms with van der Waals surface area (Å²) in [6, 6.07) is 0. The van der Waals surface area contributed by atoms with Crippen molar-refractivity contribution >= 4 is 5.78 Å². The van der Waals surface area contributed by atoms with Crippen molar-refractivity contribution in [3.05, 3.63) is 0 Å². The number of hydrogen-bond donors (Lipinski definition) is 0. The third kappa shape index (κ3) is 11.0. The van der Waals surface area contributed by atoms with Gasteiger partial charge in [0.2, 0.25) is 0 Å². The van der Waals surface area contributed by atoms with Gasteiger partial charge in [0.15, 0.2) is 0 Å². The van der Waals surface area contributed by atoms with Gasteiger partial charge in [0, 0.05) is 23.2 Å². The van der Waals surface area contributed by atoms with E-state index in [1.54, 1.807) is 6.92 Å². The van der Waals surface area contributed by atoms with Crippen molar-refractivity contribution in [2.75, 3.05) is 0 Å². The SMILES string of the molecule is CCCCCCC(C)=O.[Co]. The van der Waals surface area contributed by atoms with Crippen LogP contribution in [0.4, 0.5) is 0 Å². The van der Waals surface area contributed by atoms with E-state index >= 15 is 0 Å². The standard InChI is InChI=1S/C8H16O.Co/c1-3-4-5-6-7-8(2)9;/h3-7H2,1-2H3;. The maximum Gasteiger partial charge on any atom is 0.129 e. The molecule has 0 spiro atoms. The van der Waals surface area contributed by atoms with Crippen LogP contribution in [0.2, 0.25) is 0 Å². The Morgan fingerprint density at radius 3 is 2.20 bits per heavy atom. The molecule has 0 aliphatic carbocycles. The summed E-state index contributed by atoms with van der Waals surface area (Å²) in [5.74, 6) is 0.325. The molecule has 0 rings (SSSR count). The van der Waals surface area contributed by atoms with Crippen LogP contribution in [0.3, 0.4) is 0 Å². The number of carbonyl (C=O) groups excluding carboxylic acids is 1. The summed E-state index contributed by atoms with van der Waals surface area (Å²) < 4.78 is 0. The van der Waals surface area contributed by atoms with E-state index in [2.05, 4.69) is 6.92 Å². The molecule has 2 heteroatoms. The molecule has 0 aromatic heterocycles. The average molecular weight is 187 g/mol. The Morgan fingerprint density at radius 2 is 1.80 bits per heavy atom. The van der Waals surface area contributed by atoms with Crippen LogP contribution in [0.5, 0.6) is 0 Å². The molecule has 0 unspecified atom stereocenters. The van der Waals surface area contributed by atoms with Gasteiger partial charge in [-0.2, -0.15) is 0 Å². The molecule has 0 bridgehead atoms. The van der Waals surface area contributed by atoms with Gasteiger partial charge >= 0.3 is 0 Å². The molecule has 0 aromatic carbocycles. The molecule has 1 nitrogen and oxygen atoms in total. The van der Waals surface area contributed by atoms with Gasteiger partial charge in [-0.05, 0) is 13.3 Å². The first-order chi connectivity index (χ1) is 4.27. The zero-order chi connectivity index (χ0) is 7.11. The Bertz CT molecular complexity index is 81.3. The van der Waals surface area contributed by atoms with Crippen molar-refractivity contribution in [3.63, 3.8) is 0 Å². The zero-order valence-corrected chi connectivity index (χ0v) is 7.82. The molecule has 0 saturated heterocycles. The quantitative estimate of drug-likeness (QED) is 0.604. The first kappa shape index (κ1) is 12.8. The molecule has 0 aromatic rings. The maximum absolute atomic E-state index is 10.4. The number of hydrogen-bond acceptors (Lipinski definition) is 1. The smallest absolute Gasteiger partial charge is 0.129 e. The van der Waals surface area contributed by atoms with E-state index in [-0.39, 0.29) is 16.8 Å². The second kappa shape index (κ2) is 9.18. The molecule has 0 atom stereocenters. The van der Waals surface area contributed by atoms with Crippen LogP contribution in [-0.4, -0.2) is 5.78 Å². The van der Waals surface area contributed by atoms with Gasteiger partial charge < -0.3 is 4.79 Å². The van der Waals surface area contributed by atoms with Crippen LogP contribution >= 0.6 is 0 Å². The Hall–Kier alpha value is 0.176. The summed E-state index contributed by atoms with van der Waals surface area (Å²) in [5.41, 5.74) is 0. The predicted octanol–water partition coefficient (Wildman–Crippen LogP) is 2.54. The zero-order valence-electron chi connectivity index (χ0n) is 6.78. The van der Waals surface area contributed by atoms with Crippen LogP contribution in [0.1, 0.15) is 46.0 Å². The first-order valence-corrected chi connectivity index (χ1v) is 3.76. The molecule has 0 fully saturated rings. The molecule has 0 saturated carbocycles. The van der Waals surface area contributed by atoms with Gasteiger partial charge in [0.25, 0.3) is 0 Å². The minimum Gasteiger partial charge on any atom is -0.300 e. The number of rotatable bonds is 5. The third-order valence-corrected chi connectivity index (χ3v) is 1.38. The predicted molar refractivity (Wildman–Crippen MR) is 39.4 cm³/mol. The molecule has 0 N–H and O–H groups in total. The van der Waals surface area contributed by atoms with Gasteiger partial charge in [0.1, 0.15) is 5.78 Å². The molecular weight excluding hydrogens is 171 g/mol. The molecule has 0 heterocycles. The number of Topliss-reactive ketones (excluding diaryl/α,β-unsaturated/α-hetero) is 1. The molecule has 0 aliphatic rings. The fourth-order valence-corrected chi connectivity index (χ4v) is 0.801. The summed E-state index contributed by atoms with van der Waals surface area (Å²) in [5, 5.41) is 0. The minimum atomic E-state index is 0. The Morgan fingerprint density at radius 1 is 1.20 bits per heavy atom. The van der Waals surface area contributed by atoms with E-state index in [0.29, 0.717) is 5.78 Å². The fourth-order valence-electron chi connectivity index (χ4n) is 0.801. The molecule has 10 heavy (non-hydrogen) atoms. The number of carbonyl (C=O) groups is 1. The van der Waals surface area contributed by atoms with Crippen molar-refractivity contribution < 1.29 is 21.6 Å². The second-order valence-electron chi connectivity index (χ2n) is 2.51. The monoisotopic (exact) mass is 187 g/mol. The van der Waals surface area contributed by atoms with Gasteiger partial charge in [-0.15, -0.1) is 0 Å². The van der Waals surface area contributed by atoms with E-state index in [0.717, 1.165) is 12.8 Å². The van der Waals surface area contributed by atoms with Crippen LogP contribution < -0.4 is 0 Å². The first-order valence-electron chi connectivity index (χ1n) is 3.76. The van der Waals surface area contributed by atoms with Crippen molar-refractivity contribution in [1.82, 2.24) is 0 Å². The van der Waals surface area contributed by atoms with Gasteiger partial charge in [-0.3, -0.25) is 0 Å². The van der Waals surface area contributed by atoms with E-state index in [9.17, 15) is 4.79 Å². The summed E-state index contributed by atoms with van der Waals surface area (Å²) in [7, 11) is 0. The summed E-state index contributed by atoms with van der Waals surface area (Å²) in [6.45, 7) is 3.83. The van der Waals surface area contributed by atoms with Crippen molar-refractivity contribution in [1.29, 1.82) is 0 Å². The maximum atomic E-state index is 10.4. The minimum absolute atomic E-state index is 0. The topological polar surface area (TPSA) is 17.1 Å². The fraction of sp³-hybridized carbons (Fsp3) is 0.875. The van der Waals surface area contributed by atoms with E-state index in [1.165, 1.54) is 19.3 Å². The Balaban J connectivity index is 0. The molecular formula is C8H16CoO. The van der Waals surface area contributed by atoms with Crippen molar-refractivity contribution in [3.8, 4) is 0 Å². The third-order valence-electron chi connectivity index (χ3n) is 1.38. The van der Waals surface area contributed by atoms with Crippen LogP contribution in [0, 0.1) is 0 Å². The summed E-state index contributed by atoms with van der Waals surface area (Å²) >= 11 is 0.